The number of carbonyl (C=O) groups is 1. The fourth-order valence-electron chi connectivity index (χ4n) is 3.87. The first-order chi connectivity index (χ1) is 16.0. The van der Waals surface area contributed by atoms with Gasteiger partial charge in [-0.15, -0.1) is 10.2 Å². The highest BCUT2D eigenvalue weighted by atomic mass is 32.2. The summed E-state index contributed by atoms with van der Waals surface area (Å²) < 4.78 is 29.4. The van der Waals surface area contributed by atoms with E-state index in [1.165, 1.54) is 12.1 Å². The maximum Gasteiger partial charge on any atom is 0.323 e. The van der Waals surface area contributed by atoms with Crippen LogP contribution in [0, 0.1) is 5.92 Å². The third-order valence-corrected chi connectivity index (χ3v) is 7.38. The van der Waals surface area contributed by atoms with E-state index in [9.17, 15) is 13.2 Å². The maximum atomic E-state index is 12.3. The van der Waals surface area contributed by atoms with Crippen molar-refractivity contribution in [1.82, 2.24) is 19.5 Å². The SMILES string of the molecule is O=C(Nc1ccc(Cc2nnc3n2CCC3)cc1)Nc1ccc(S(=O)(=O)NCC2CC2)cc1. The van der Waals surface area contributed by atoms with Crippen LogP contribution in [0.5, 0.6) is 0 Å². The lowest BCUT2D eigenvalue weighted by atomic mass is 10.1. The Morgan fingerprint density at radius 2 is 1.64 bits per heavy atom. The molecule has 172 valence electrons. The van der Waals surface area contributed by atoms with E-state index in [1.54, 1.807) is 12.1 Å². The Balaban J connectivity index is 1.14. The van der Waals surface area contributed by atoms with E-state index in [0.717, 1.165) is 49.4 Å². The summed E-state index contributed by atoms with van der Waals surface area (Å²) in [5.41, 5.74) is 2.26. The van der Waals surface area contributed by atoms with Gasteiger partial charge in [-0.1, -0.05) is 12.1 Å². The molecule has 0 spiro atoms. The Kier molecular flexibility index (Phi) is 5.86. The van der Waals surface area contributed by atoms with Crippen molar-refractivity contribution in [3.8, 4) is 0 Å². The van der Waals surface area contributed by atoms with Crippen LogP contribution < -0.4 is 15.4 Å². The zero-order valence-corrected chi connectivity index (χ0v) is 18.9. The molecule has 0 bridgehead atoms. The fourth-order valence-corrected chi connectivity index (χ4v) is 4.99. The molecule has 2 aliphatic rings. The van der Waals surface area contributed by atoms with Gasteiger partial charge in [0.1, 0.15) is 11.6 Å². The molecule has 3 N–H and O–H groups in total. The van der Waals surface area contributed by atoms with E-state index < -0.39 is 16.1 Å². The Hall–Kier alpha value is -3.24. The van der Waals surface area contributed by atoms with E-state index in [4.69, 9.17) is 0 Å². The molecule has 33 heavy (non-hydrogen) atoms. The molecular formula is C23H26N6O3S. The first-order valence-electron chi connectivity index (χ1n) is 11.1. The monoisotopic (exact) mass is 466 g/mol. The zero-order chi connectivity index (χ0) is 22.8. The highest BCUT2D eigenvalue weighted by Gasteiger charge is 2.24. The van der Waals surface area contributed by atoms with Gasteiger partial charge in [0.25, 0.3) is 0 Å². The summed E-state index contributed by atoms with van der Waals surface area (Å²) in [7, 11) is -3.52. The molecule has 3 aromatic rings. The topological polar surface area (TPSA) is 118 Å². The third-order valence-electron chi connectivity index (χ3n) is 5.94. The number of hydrogen-bond donors (Lipinski definition) is 3. The molecule has 2 amide bonds. The lowest BCUT2D eigenvalue weighted by Gasteiger charge is -2.10. The number of nitrogens with one attached hydrogen (secondary N) is 3. The number of aryl methyl sites for hydroxylation is 1. The van der Waals surface area contributed by atoms with Crippen molar-refractivity contribution in [3.05, 3.63) is 65.7 Å². The van der Waals surface area contributed by atoms with Crippen molar-refractivity contribution in [1.29, 1.82) is 0 Å². The third kappa shape index (κ3) is 5.23. The fraction of sp³-hybridized carbons (Fsp3) is 0.348. The molecule has 9 nitrogen and oxygen atoms in total. The van der Waals surface area contributed by atoms with Crippen LogP contribution in [0.2, 0.25) is 0 Å². The van der Waals surface area contributed by atoms with Gasteiger partial charge in [-0.25, -0.2) is 17.9 Å². The standard InChI is InChI=1S/C23H26N6O3S/c30-23(26-19-9-11-20(12-10-19)33(31,32)24-15-17-3-4-17)25-18-7-5-16(6-8-18)14-22-28-27-21-2-1-13-29(21)22/h5-12,17,24H,1-4,13-15H2,(H2,25,26,30). The van der Waals surface area contributed by atoms with E-state index in [-0.39, 0.29) is 4.90 Å². The molecule has 1 saturated carbocycles. The van der Waals surface area contributed by atoms with Crippen molar-refractivity contribution in [3.63, 3.8) is 0 Å². The second kappa shape index (κ2) is 8.95. The van der Waals surface area contributed by atoms with Crippen LogP contribution >= 0.6 is 0 Å². The number of amides is 2. The number of aromatic nitrogens is 3. The lowest BCUT2D eigenvalue weighted by Crippen LogP contribution is -2.25. The zero-order valence-electron chi connectivity index (χ0n) is 18.1. The molecular weight excluding hydrogens is 440 g/mol. The second-order valence-electron chi connectivity index (χ2n) is 8.56. The van der Waals surface area contributed by atoms with Crippen LogP contribution in [0.3, 0.4) is 0 Å². The molecule has 1 aliphatic heterocycles. The minimum atomic E-state index is -3.52. The van der Waals surface area contributed by atoms with Gasteiger partial charge in [-0.2, -0.15) is 0 Å². The summed E-state index contributed by atoms with van der Waals surface area (Å²) in [5.74, 6) is 2.48. The van der Waals surface area contributed by atoms with Crippen LogP contribution in [0.25, 0.3) is 0 Å². The van der Waals surface area contributed by atoms with Gasteiger partial charge in [0, 0.05) is 37.3 Å². The van der Waals surface area contributed by atoms with Crippen LogP contribution in [0.4, 0.5) is 16.2 Å². The van der Waals surface area contributed by atoms with E-state index >= 15 is 0 Å². The van der Waals surface area contributed by atoms with Gasteiger partial charge >= 0.3 is 6.03 Å². The number of sulfonamides is 1. The molecule has 10 heteroatoms. The predicted octanol–water partition coefficient (Wildman–Crippen LogP) is 3.15. The first kappa shape index (κ1) is 21.6. The van der Waals surface area contributed by atoms with Gasteiger partial charge in [0.2, 0.25) is 10.0 Å². The Labute approximate surface area is 192 Å². The number of hydrogen-bond acceptors (Lipinski definition) is 5. The number of urea groups is 1. The molecule has 2 aromatic carbocycles. The molecule has 1 aromatic heterocycles. The molecule has 0 unspecified atom stereocenters. The molecule has 2 heterocycles. The average Bonchev–Trinajstić information content (AvgIpc) is 3.39. The Morgan fingerprint density at radius 1 is 0.970 bits per heavy atom. The van der Waals surface area contributed by atoms with Crippen LogP contribution in [-0.4, -0.2) is 35.8 Å². The van der Waals surface area contributed by atoms with E-state index in [2.05, 4.69) is 30.1 Å². The minimum Gasteiger partial charge on any atom is -0.315 e. The highest BCUT2D eigenvalue weighted by molar-refractivity contribution is 7.89. The van der Waals surface area contributed by atoms with Crippen LogP contribution in [-0.2, 0) is 29.4 Å². The number of benzene rings is 2. The average molecular weight is 467 g/mol. The normalized spacial score (nSPS) is 15.3. The summed E-state index contributed by atoms with van der Waals surface area (Å²) in [6, 6.07) is 13.3. The van der Waals surface area contributed by atoms with Crippen LogP contribution in [0.15, 0.2) is 53.4 Å². The number of fused-ring (bicyclic) bond motifs is 1. The number of carbonyl (C=O) groups excluding carboxylic acids is 1. The first-order valence-corrected chi connectivity index (χ1v) is 12.6. The smallest absolute Gasteiger partial charge is 0.315 e. The van der Waals surface area contributed by atoms with Crippen LogP contribution in [0.1, 0.15) is 36.5 Å². The van der Waals surface area contributed by atoms with Crippen molar-refractivity contribution < 1.29 is 13.2 Å². The highest BCUT2D eigenvalue weighted by Crippen LogP contribution is 2.28. The van der Waals surface area contributed by atoms with Gasteiger partial charge in [0.15, 0.2) is 0 Å². The summed E-state index contributed by atoms with van der Waals surface area (Å²) in [6.45, 7) is 1.45. The van der Waals surface area contributed by atoms with Gasteiger partial charge in [-0.3, -0.25) is 0 Å². The summed E-state index contributed by atoms with van der Waals surface area (Å²) in [6.07, 6.45) is 4.95. The summed E-state index contributed by atoms with van der Waals surface area (Å²) in [4.78, 5) is 12.5. The molecule has 5 rings (SSSR count). The second-order valence-corrected chi connectivity index (χ2v) is 10.3. The summed E-state index contributed by atoms with van der Waals surface area (Å²) in [5, 5.41) is 14.0. The van der Waals surface area contributed by atoms with E-state index in [1.807, 2.05) is 24.3 Å². The van der Waals surface area contributed by atoms with Gasteiger partial charge in [-0.05, 0) is 67.1 Å². The Bertz CT molecular complexity index is 1250. The maximum absolute atomic E-state index is 12.3. The number of nitrogens with zero attached hydrogens (tertiary/aromatic N) is 3. The van der Waals surface area contributed by atoms with E-state index in [0.29, 0.717) is 30.3 Å². The molecule has 1 fully saturated rings. The Morgan fingerprint density at radius 3 is 2.30 bits per heavy atom. The molecule has 1 aliphatic carbocycles. The molecule has 0 atom stereocenters. The van der Waals surface area contributed by atoms with Gasteiger partial charge < -0.3 is 15.2 Å². The number of rotatable bonds is 8. The van der Waals surface area contributed by atoms with Gasteiger partial charge in [0.05, 0.1) is 4.90 Å². The molecule has 0 saturated heterocycles. The van der Waals surface area contributed by atoms with Crippen molar-refractivity contribution in [2.75, 3.05) is 17.2 Å². The minimum absolute atomic E-state index is 0.183. The summed E-state index contributed by atoms with van der Waals surface area (Å²) >= 11 is 0. The van der Waals surface area contributed by atoms with Crippen molar-refractivity contribution in [2.45, 2.75) is 43.5 Å². The van der Waals surface area contributed by atoms with Crippen molar-refractivity contribution in [2.24, 2.45) is 5.92 Å². The lowest BCUT2D eigenvalue weighted by molar-refractivity contribution is 0.262. The predicted molar refractivity (Wildman–Crippen MR) is 125 cm³/mol. The molecule has 0 radical (unpaired) electrons. The largest absolute Gasteiger partial charge is 0.323 e. The quantitative estimate of drug-likeness (QED) is 0.471. The van der Waals surface area contributed by atoms with Crippen molar-refractivity contribution >= 4 is 27.4 Å². The number of anilines is 2.